The maximum absolute atomic E-state index is 12.6. The molecule has 2 aliphatic heterocycles. The summed E-state index contributed by atoms with van der Waals surface area (Å²) in [6.45, 7) is 11.8. The Morgan fingerprint density at radius 2 is 1.89 bits per heavy atom. The van der Waals surface area contributed by atoms with Crippen LogP contribution in [0.25, 0.3) is 0 Å². The van der Waals surface area contributed by atoms with E-state index in [0.29, 0.717) is 0 Å². The number of ether oxygens (including phenoxy) is 1. The Labute approximate surface area is 166 Å². The maximum atomic E-state index is 12.6. The summed E-state index contributed by atoms with van der Waals surface area (Å²) in [4.78, 5) is 26.4. The van der Waals surface area contributed by atoms with Crippen LogP contribution in [0.5, 0.6) is 0 Å². The van der Waals surface area contributed by atoms with Gasteiger partial charge in [-0.1, -0.05) is 13.8 Å². The number of aliphatic hydroxyl groups is 1. The van der Waals surface area contributed by atoms with Gasteiger partial charge < -0.3 is 22.8 Å². The lowest BCUT2D eigenvalue weighted by molar-refractivity contribution is -0.190. The second-order valence-corrected chi connectivity index (χ2v) is 15.7. The molecular formula is C17H30N2O7Si2. The zero-order valence-corrected chi connectivity index (χ0v) is 19.2. The SMILES string of the molecule is CC(C)C(O)[C@]1(n2ccc(=O)[nH]c2=O)C[C@@H]2O[Si](C)(C)O[Si](C)(C)OC[C@H]2O1. The molecule has 9 nitrogen and oxygen atoms in total. The Balaban J connectivity index is 2.06. The summed E-state index contributed by atoms with van der Waals surface area (Å²) in [6.07, 6.45) is -0.254. The van der Waals surface area contributed by atoms with Gasteiger partial charge in [-0.2, -0.15) is 0 Å². The zero-order valence-electron chi connectivity index (χ0n) is 17.2. The average Bonchev–Trinajstić information content (AvgIpc) is 2.88. The van der Waals surface area contributed by atoms with Crippen molar-refractivity contribution in [2.45, 2.75) is 70.5 Å². The molecule has 1 unspecified atom stereocenters. The molecule has 0 radical (unpaired) electrons. The van der Waals surface area contributed by atoms with Crippen molar-refractivity contribution in [2.75, 3.05) is 6.61 Å². The molecule has 0 saturated carbocycles. The summed E-state index contributed by atoms with van der Waals surface area (Å²) in [5, 5.41) is 11.1. The topological polar surface area (TPSA) is 112 Å². The van der Waals surface area contributed by atoms with Crippen LogP contribution in [-0.4, -0.2) is 56.7 Å². The fourth-order valence-electron chi connectivity index (χ4n) is 4.08. The summed E-state index contributed by atoms with van der Waals surface area (Å²) < 4.78 is 26.2. The number of fused-ring (bicyclic) bond motifs is 1. The van der Waals surface area contributed by atoms with Crippen LogP contribution in [0, 0.1) is 5.92 Å². The van der Waals surface area contributed by atoms with Gasteiger partial charge in [-0.15, -0.1) is 0 Å². The molecule has 4 atom stereocenters. The number of hydrogen-bond donors (Lipinski definition) is 2. The van der Waals surface area contributed by atoms with Crippen molar-refractivity contribution in [3.63, 3.8) is 0 Å². The Morgan fingerprint density at radius 3 is 2.50 bits per heavy atom. The fraction of sp³-hybridized carbons (Fsp3) is 0.765. The van der Waals surface area contributed by atoms with Gasteiger partial charge in [0.2, 0.25) is 0 Å². The molecule has 0 amide bonds. The molecule has 2 aliphatic rings. The van der Waals surface area contributed by atoms with E-state index in [9.17, 15) is 14.7 Å². The van der Waals surface area contributed by atoms with E-state index in [-0.39, 0.29) is 18.9 Å². The van der Waals surface area contributed by atoms with Gasteiger partial charge in [-0.25, -0.2) is 4.79 Å². The van der Waals surface area contributed by atoms with Crippen LogP contribution in [0.1, 0.15) is 20.3 Å². The van der Waals surface area contributed by atoms with Crippen LogP contribution < -0.4 is 11.2 Å². The minimum Gasteiger partial charge on any atom is -0.415 e. The van der Waals surface area contributed by atoms with Crippen LogP contribution >= 0.6 is 0 Å². The molecule has 1 aromatic heterocycles. The van der Waals surface area contributed by atoms with Crippen molar-refractivity contribution in [1.82, 2.24) is 9.55 Å². The number of nitrogens with one attached hydrogen (secondary N) is 1. The first-order valence-electron chi connectivity index (χ1n) is 9.55. The number of H-pyrrole nitrogens is 1. The highest BCUT2D eigenvalue weighted by atomic mass is 28.5. The van der Waals surface area contributed by atoms with E-state index in [2.05, 4.69) is 4.98 Å². The third kappa shape index (κ3) is 4.10. The summed E-state index contributed by atoms with van der Waals surface area (Å²) in [5.41, 5.74) is -2.51. The van der Waals surface area contributed by atoms with Gasteiger partial charge in [-0.05, 0) is 32.1 Å². The lowest BCUT2D eigenvalue weighted by atomic mass is 9.92. The van der Waals surface area contributed by atoms with E-state index in [4.69, 9.17) is 17.7 Å². The number of hydrogen-bond acceptors (Lipinski definition) is 7. The molecule has 3 rings (SSSR count). The van der Waals surface area contributed by atoms with Crippen molar-refractivity contribution < 1.29 is 22.8 Å². The molecule has 158 valence electrons. The van der Waals surface area contributed by atoms with Gasteiger partial charge in [0.25, 0.3) is 5.56 Å². The number of nitrogens with zero attached hydrogens (tertiary/aromatic N) is 1. The van der Waals surface area contributed by atoms with Crippen LogP contribution in [0.15, 0.2) is 21.9 Å². The minimum absolute atomic E-state index is 0.198. The molecular weight excluding hydrogens is 400 g/mol. The third-order valence-electron chi connectivity index (χ3n) is 5.11. The van der Waals surface area contributed by atoms with Gasteiger partial charge >= 0.3 is 22.8 Å². The standard InChI is InChI=1S/C17H30N2O7Si2/c1-11(2)15(21)17(19-8-7-14(20)18-16(19)22)9-12-13(24-17)10-23-27(3,4)26-28(5,6)25-12/h7-8,11-13,15,21H,9-10H2,1-6H3,(H,18,20,22)/t12-,13+,15?,17-/m0/s1. The maximum Gasteiger partial charge on any atom is 0.330 e. The number of aromatic nitrogens is 2. The monoisotopic (exact) mass is 430 g/mol. The summed E-state index contributed by atoms with van der Waals surface area (Å²) in [5.74, 6) is -0.198. The molecule has 1 aromatic rings. The Morgan fingerprint density at radius 1 is 1.21 bits per heavy atom. The molecule has 2 fully saturated rings. The summed E-state index contributed by atoms with van der Waals surface area (Å²) in [7, 11) is -4.90. The van der Waals surface area contributed by atoms with Crippen LogP contribution in [0.2, 0.25) is 26.2 Å². The number of aliphatic hydroxyl groups excluding tert-OH is 1. The molecule has 0 spiro atoms. The van der Waals surface area contributed by atoms with Gasteiger partial charge in [0.1, 0.15) is 12.2 Å². The predicted molar refractivity (Wildman–Crippen MR) is 107 cm³/mol. The predicted octanol–water partition coefficient (Wildman–Crippen LogP) is 0.831. The molecule has 0 aliphatic carbocycles. The summed E-state index contributed by atoms with van der Waals surface area (Å²) >= 11 is 0. The van der Waals surface area contributed by atoms with E-state index >= 15 is 0 Å². The van der Waals surface area contributed by atoms with Crippen molar-refractivity contribution >= 4 is 17.1 Å². The van der Waals surface area contributed by atoms with Crippen molar-refractivity contribution in [1.29, 1.82) is 0 Å². The molecule has 2 N–H and O–H groups in total. The lowest BCUT2D eigenvalue weighted by Gasteiger charge is -2.38. The van der Waals surface area contributed by atoms with Crippen molar-refractivity contribution in [3.8, 4) is 0 Å². The smallest absolute Gasteiger partial charge is 0.330 e. The molecule has 2 saturated heterocycles. The van der Waals surface area contributed by atoms with Gasteiger partial charge in [0.15, 0.2) is 5.72 Å². The quantitative estimate of drug-likeness (QED) is 0.683. The van der Waals surface area contributed by atoms with Gasteiger partial charge in [-0.3, -0.25) is 14.3 Å². The zero-order chi connectivity index (χ0) is 20.9. The first-order chi connectivity index (χ1) is 12.9. The Hall–Kier alpha value is -1.09. The van der Waals surface area contributed by atoms with E-state index in [0.717, 1.165) is 0 Å². The summed E-state index contributed by atoms with van der Waals surface area (Å²) in [6, 6.07) is 1.25. The Kier molecular flexibility index (Phi) is 5.64. The number of rotatable bonds is 3. The van der Waals surface area contributed by atoms with Crippen molar-refractivity contribution in [2.24, 2.45) is 5.92 Å². The molecule has 0 aromatic carbocycles. The second-order valence-electron chi connectivity index (χ2n) is 8.74. The van der Waals surface area contributed by atoms with Crippen LogP contribution in [0.3, 0.4) is 0 Å². The van der Waals surface area contributed by atoms with Crippen molar-refractivity contribution in [3.05, 3.63) is 33.1 Å². The van der Waals surface area contributed by atoms with E-state index in [1.165, 1.54) is 16.8 Å². The normalized spacial score (nSPS) is 33.1. The average molecular weight is 431 g/mol. The van der Waals surface area contributed by atoms with Crippen LogP contribution in [-0.2, 0) is 23.4 Å². The first-order valence-corrected chi connectivity index (χ1v) is 15.2. The largest absolute Gasteiger partial charge is 0.415 e. The van der Waals surface area contributed by atoms with E-state index in [1.807, 2.05) is 40.0 Å². The third-order valence-corrected chi connectivity index (χ3v) is 10.8. The molecule has 28 heavy (non-hydrogen) atoms. The van der Waals surface area contributed by atoms with Crippen LogP contribution in [0.4, 0.5) is 0 Å². The molecule has 3 heterocycles. The highest BCUT2D eigenvalue weighted by Gasteiger charge is 2.57. The second kappa shape index (κ2) is 7.31. The fourth-order valence-corrected chi connectivity index (χ4v) is 10.8. The van der Waals surface area contributed by atoms with E-state index in [1.54, 1.807) is 0 Å². The number of aromatic amines is 1. The van der Waals surface area contributed by atoms with Gasteiger partial charge in [0.05, 0.1) is 12.7 Å². The highest BCUT2D eigenvalue weighted by Crippen LogP contribution is 2.43. The highest BCUT2D eigenvalue weighted by molar-refractivity contribution is 6.78. The lowest BCUT2D eigenvalue weighted by Crippen LogP contribution is -2.55. The Bertz CT molecular complexity index is 837. The van der Waals surface area contributed by atoms with Gasteiger partial charge in [0, 0.05) is 18.7 Å². The molecule has 0 bridgehead atoms. The first kappa shape index (κ1) is 21.6. The molecule has 11 heteroatoms. The minimum atomic E-state index is -2.51. The van der Waals surface area contributed by atoms with E-state index < -0.39 is 52.4 Å².